The topological polar surface area (TPSA) is 51.0 Å². The van der Waals surface area contributed by atoms with E-state index in [1.807, 2.05) is 18.2 Å². The number of nitrogens with zero attached hydrogens (tertiary/aromatic N) is 2. The second kappa shape index (κ2) is 5.42. The number of furan rings is 1. The molecule has 0 amide bonds. The molecule has 84 valence electrons. The SMILES string of the molecule is CCCNC(c1ccncn1)c1ccco1. The molecule has 2 aromatic rings. The Balaban J connectivity index is 2.21. The Hall–Kier alpha value is -1.68. The summed E-state index contributed by atoms with van der Waals surface area (Å²) in [4.78, 5) is 8.17. The van der Waals surface area contributed by atoms with Crippen LogP contribution in [0, 0.1) is 0 Å². The van der Waals surface area contributed by atoms with Gasteiger partial charge in [0, 0.05) is 6.20 Å². The molecule has 0 radical (unpaired) electrons. The first-order valence-electron chi connectivity index (χ1n) is 5.44. The third-order valence-electron chi connectivity index (χ3n) is 2.33. The van der Waals surface area contributed by atoms with Crippen LogP contribution >= 0.6 is 0 Å². The molecule has 4 nitrogen and oxygen atoms in total. The molecule has 2 aromatic heterocycles. The maximum absolute atomic E-state index is 5.42. The molecule has 0 fully saturated rings. The van der Waals surface area contributed by atoms with E-state index in [0.29, 0.717) is 0 Å². The summed E-state index contributed by atoms with van der Waals surface area (Å²) < 4.78 is 5.42. The maximum Gasteiger partial charge on any atom is 0.126 e. The fraction of sp³-hybridized carbons (Fsp3) is 0.333. The van der Waals surface area contributed by atoms with Crippen molar-refractivity contribution in [3.05, 3.63) is 48.4 Å². The fourth-order valence-electron chi connectivity index (χ4n) is 1.57. The van der Waals surface area contributed by atoms with Crippen molar-refractivity contribution in [1.29, 1.82) is 0 Å². The molecule has 0 saturated heterocycles. The lowest BCUT2D eigenvalue weighted by Crippen LogP contribution is -2.23. The highest BCUT2D eigenvalue weighted by Crippen LogP contribution is 2.19. The maximum atomic E-state index is 5.42. The normalized spacial score (nSPS) is 12.6. The van der Waals surface area contributed by atoms with Crippen molar-refractivity contribution in [3.63, 3.8) is 0 Å². The van der Waals surface area contributed by atoms with Gasteiger partial charge in [0.2, 0.25) is 0 Å². The Bertz CT molecular complexity index is 399. The van der Waals surface area contributed by atoms with Crippen molar-refractivity contribution in [2.45, 2.75) is 19.4 Å². The van der Waals surface area contributed by atoms with Gasteiger partial charge in [0.1, 0.15) is 18.1 Å². The Kier molecular flexibility index (Phi) is 3.66. The van der Waals surface area contributed by atoms with E-state index in [-0.39, 0.29) is 6.04 Å². The average molecular weight is 217 g/mol. The second-order valence-corrected chi connectivity index (χ2v) is 3.54. The van der Waals surface area contributed by atoms with E-state index in [1.165, 1.54) is 0 Å². The molecule has 0 aliphatic rings. The van der Waals surface area contributed by atoms with Crippen LogP contribution in [0.3, 0.4) is 0 Å². The van der Waals surface area contributed by atoms with E-state index in [4.69, 9.17) is 4.42 Å². The molecular formula is C12H15N3O. The average Bonchev–Trinajstić information content (AvgIpc) is 2.85. The van der Waals surface area contributed by atoms with Crippen LogP contribution in [-0.4, -0.2) is 16.5 Å². The fourth-order valence-corrected chi connectivity index (χ4v) is 1.57. The van der Waals surface area contributed by atoms with E-state index >= 15 is 0 Å². The summed E-state index contributed by atoms with van der Waals surface area (Å²) in [5.74, 6) is 0.882. The van der Waals surface area contributed by atoms with Crippen LogP contribution in [0.25, 0.3) is 0 Å². The largest absolute Gasteiger partial charge is 0.467 e. The van der Waals surface area contributed by atoms with Gasteiger partial charge in [-0.3, -0.25) is 0 Å². The van der Waals surface area contributed by atoms with Crippen LogP contribution in [0.15, 0.2) is 41.4 Å². The molecule has 2 rings (SSSR count). The predicted octanol–water partition coefficient (Wildman–Crippen LogP) is 2.16. The highest BCUT2D eigenvalue weighted by Gasteiger charge is 2.16. The quantitative estimate of drug-likeness (QED) is 0.833. The smallest absolute Gasteiger partial charge is 0.126 e. The molecule has 0 saturated carbocycles. The molecule has 0 aliphatic heterocycles. The molecule has 1 atom stereocenters. The number of aromatic nitrogens is 2. The van der Waals surface area contributed by atoms with Gasteiger partial charge in [0.15, 0.2) is 0 Å². The van der Waals surface area contributed by atoms with Gasteiger partial charge >= 0.3 is 0 Å². The van der Waals surface area contributed by atoms with Crippen molar-refractivity contribution < 1.29 is 4.42 Å². The van der Waals surface area contributed by atoms with E-state index in [2.05, 4.69) is 22.2 Å². The first-order chi connectivity index (χ1) is 7.92. The van der Waals surface area contributed by atoms with Gasteiger partial charge < -0.3 is 9.73 Å². The minimum Gasteiger partial charge on any atom is -0.467 e. The molecular weight excluding hydrogens is 202 g/mol. The lowest BCUT2D eigenvalue weighted by molar-refractivity contribution is 0.441. The summed E-state index contributed by atoms with van der Waals surface area (Å²) in [5.41, 5.74) is 0.929. The third kappa shape index (κ3) is 2.46. The first kappa shape index (κ1) is 10.8. The summed E-state index contributed by atoms with van der Waals surface area (Å²) in [6.07, 6.45) is 6.05. The van der Waals surface area contributed by atoms with Crippen LogP contribution in [-0.2, 0) is 0 Å². The van der Waals surface area contributed by atoms with E-state index in [0.717, 1.165) is 24.4 Å². The van der Waals surface area contributed by atoms with Gasteiger partial charge in [-0.25, -0.2) is 9.97 Å². The molecule has 0 aromatic carbocycles. The standard InChI is InChI=1S/C12H15N3O/c1-2-6-14-12(11-4-3-8-16-11)10-5-7-13-9-15-10/h3-5,7-9,12,14H,2,6H2,1H3. The molecule has 2 heterocycles. The summed E-state index contributed by atoms with van der Waals surface area (Å²) in [7, 11) is 0. The molecule has 16 heavy (non-hydrogen) atoms. The Morgan fingerprint density at radius 2 is 2.38 bits per heavy atom. The highest BCUT2D eigenvalue weighted by molar-refractivity contribution is 5.18. The van der Waals surface area contributed by atoms with E-state index < -0.39 is 0 Å². The number of hydrogen-bond acceptors (Lipinski definition) is 4. The Labute approximate surface area is 94.7 Å². The predicted molar refractivity (Wildman–Crippen MR) is 60.9 cm³/mol. The molecule has 0 aliphatic carbocycles. The van der Waals surface area contributed by atoms with Crippen molar-refractivity contribution in [2.24, 2.45) is 0 Å². The van der Waals surface area contributed by atoms with Gasteiger partial charge in [-0.05, 0) is 31.2 Å². The zero-order chi connectivity index (χ0) is 11.2. The summed E-state index contributed by atoms with van der Waals surface area (Å²) >= 11 is 0. The second-order valence-electron chi connectivity index (χ2n) is 3.54. The third-order valence-corrected chi connectivity index (χ3v) is 2.33. The van der Waals surface area contributed by atoms with Crippen molar-refractivity contribution in [1.82, 2.24) is 15.3 Å². The van der Waals surface area contributed by atoms with Crippen LogP contribution < -0.4 is 5.32 Å². The van der Waals surface area contributed by atoms with Gasteiger partial charge in [0.05, 0.1) is 12.0 Å². The summed E-state index contributed by atoms with van der Waals surface area (Å²) in [6, 6.07) is 5.75. The molecule has 0 bridgehead atoms. The van der Waals surface area contributed by atoms with Crippen LogP contribution in [0.1, 0.15) is 30.8 Å². The van der Waals surface area contributed by atoms with Gasteiger partial charge in [-0.2, -0.15) is 0 Å². The number of nitrogens with one attached hydrogen (secondary N) is 1. The van der Waals surface area contributed by atoms with E-state index in [1.54, 1.807) is 18.8 Å². The van der Waals surface area contributed by atoms with Crippen LogP contribution in [0.2, 0.25) is 0 Å². The minimum absolute atomic E-state index is 0.0120. The number of rotatable bonds is 5. The van der Waals surface area contributed by atoms with Crippen molar-refractivity contribution in [3.8, 4) is 0 Å². The molecule has 1 N–H and O–H groups in total. The van der Waals surface area contributed by atoms with Crippen LogP contribution in [0.5, 0.6) is 0 Å². The summed E-state index contributed by atoms with van der Waals surface area (Å²) in [6.45, 7) is 3.06. The first-order valence-corrected chi connectivity index (χ1v) is 5.44. The zero-order valence-corrected chi connectivity index (χ0v) is 9.26. The van der Waals surface area contributed by atoms with Gasteiger partial charge in [-0.15, -0.1) is 0 Å². The molecule has 4 heteroatoms. The monoisotopic (exact) mass is 217 g/mol. The molecule has 0 spiro atoms. The minimum atomic E-state index is 0.0120. The van der Waals surface area contributed by atoms with Gasteiger partial charge in [0.25, 0.3) is 0 Å². The Morgan fingerprint density at radius 1 is 1.44 bits per heavy atom. The lowest BCUT2D eigenvalue weighted by atomic mass is 10.1. The Morgan fingerprint density at radius 3 is 3.00 bits per heavy atom. The molecule has 1 unspecified atom stereocenters. The van der Waals surface area contributed by atoms with Crippen molar-refractivity contribution in [2.75, 3.05) is 6.54 Å². The van der Waals surface area contributed by atoms with E-state index in [9.17, 15) is 0 Å². The highest BCUT2D eigenvalue weighted by atomic mass is 16.3. The van der Waals surface area contributed by atoms with Crippen molar-refractivity contribution >= 4 is 0 Å². The zero-order valence-electron chi connectivity index (χ0n) is 9.26. The lowest BCUT2D eigenvalue weighted by Gasteiger charge is -2.15. The summed E-state index contributed by atoms with van der Waals surface area (Å²) in [5, 5.41) is 3.40. The number of hydrogen-bond donors (Lipinski definition) is 1. The van der Waals surface area contributed by atoms with Crippen LogP contribution in [0.4, 0.5) is 0 Å². The van der Waals surface area contributed by atoms with Gasteiger partial charge in [-0.1, -0.05) is 6.92 Å².